The first-order valence-corrected chi connectivity index (χ1v) is 13.0. The first-order valence-electron chi connectivity index (χ1n) is 13.0. The third kappa shape index (κ3) is 14.0. The number of allylic oxidation sites excluding steroid dienone is 2. The van der Waals surface area contributed by atoms with Crippen molar-refractivity contribution in [2.75, 3.05) is 13.6 Å². The zero-order valence-electron chi connectivity index (χ0n) is 24.6. The van der Waals surface area contributed by atoms with Crippen molar-refractivity contribution >= 4 is 11.6 Å². The Bertz CT molecular complexity index is 1030. The summed E-state index contributed by atoms with van der Waals surface area (Å²) in [6.07, 6.45) is 2.66. The van der Waals surface area contributed by atoms with Crippen LogP contribution >= 0.6 is 0 Å². The summed E-state index contributed by atoms with van der Waals surface area (Å²) in [5, 5.41) is 13.7. The highest BCUT2D eigenvalue weighted by Gasteiger charge is 2.31. The van der Waals surface area contributed by atoms with E-state index in [9.17, 15) is 23.1 Å². The lowest BCUT2D eigenvalue weighted by atomic mass is 9.81. The molecule has 2 N–H and O–H groups in total. The minimum Gasteiger partial charge on any atom is -0.406 e. The Labute approximate surface area is 232 Å². The lowest BCUT2D eigenvalue weighted by molar-refractivity contribution is -0.274. The third-order valence-electron chi connectivity index (χ3n) is 6.12. The van der Waals surface area contributed by atoms with Crippen molar-refractivity contribution in [2.45, 2.75) is 73.3 Å². The van der Waals surface area contributed by atoms with Gasteiger partial charge >= 0.3 is 6.36 Å². The molecule has 39 heavy (non-hydrogen) atoms. The fourth-order valence-electron chi connectivity index (χ4n) is 3.26. The van der Waals surface area contributed by atoms with Crippen LogP contribution in [0.1, 0.15) is 59.9 Å². The summed E-state index contributed by atoms with van der Waals surface area (Å²) in [7, 11) is 1.69. The van der Waals surface area contributed by atoms with E-state index in [1.807, 2.05) is 6.08 Å². The van der Waals surface area contributed by atoms with Crippen molar-refractivity contribution in [2.24, 2.45) is 16.8 Å². The number of halogens is 3. The molecule has 1 aromatic carbocycles. The number of aryl methyl sites for hydroxylation is 1. The SMILES string of the molecule is C=CC(=O)NCC(=NC)/C(C(=C)C(C)CC)=C(/C=C\C(C)CC)C(C)(C)O.Cc1ccc(OC(F)(F)F)cc1. The molecular formula is C31H45F3N2O3. The second-order valence-electron chi connectivity index (χ2n) is 9.88. The summed E-state index contributed by atoms with van der Waals surface area (Å²) in [4.78, 5) is 16.1. The molecule has 0 spiro atoms. The summed E-state index contributed by atoms with van der Waals surface area (Å²) in [6, 6.07) is 5.67. The molecule has 5 nitrogen and oxygen atoms in total. The predicted molar refractivity (Wildman–Crippen MR) is 155 cm³/mol. The summed E-state index contributed by atoms with van der Waals surface area (Å²) in [6.45, 7) is 21.9. The van der Waals surface area contributed by atoms with Gasteiger partial charge in [0.25, 0.3) is 0 Å². The molecule has 0 aliphatic heterocycles. The topological polar surface area (TPSA) is 70.9 Å². The quantitative estimate of drug-likeness (QED) is 0.161. The van der Waals surface area contributed by atoms with Crippen molar-refractivity contribution in [1.29, 1.82) is 0 Å². The molecule has 2 atom stereocenters. The van der Waals surface area contributed by atoms with Gasteiger partial charge in [-0.15, -0.1) is 13.2 Å². The van der Waals surface area contributed by atoms with E-state index in [1.165, 1.54) is 18.2 Å². The number of alkyl halides is 3. The highest BCUT2D eigenvalue weighted by Crippen LogP contribution is 2.31. The van der Waals surface area contributed by atoms with Gasteiger partial charge in [-0.3, -0.25) is 9.79 Å². The van der Waals surface area contributed by atoms with Gasteiger partial charge in [0.15, 0.2) is 0 Å². The molecule has 0 aromatic heterocycles. The second-order valence-corrected chi connectivity index (χ2v) is 9.88. The molecule has 0 aliphatic rings. The smallest absolute Gasteiger partial charge is 0.406 e. The van der Waals surface area contributed by atoms with Crippen LogP contribution in [0.15, 0.2) is 77.4 Å². The van der Waals surface area contributed by atoms with Crippen LogP contribution in [0, 0.1) is 18.8 Å². The Balaban J connectivity index is 0.000000992. The zero-order valence-corrected chi connectivity index (χ0v) is 24.6. The van der Waals surface area contributed by atoms with Gasteiger partial charge < -0.3 is 15.2 Å². The second kappa shape index (κ2) is 16.7. The van der Waals surface area contributed by atoms with Gasteiger partial charge in [0, 0.05) is 12.6 Å². The van der Waals surface area contributed by atoms with Gasteiger partial charge in [-0.1, -0.05) is 77.1 Å². The van der Waals surface area contributed by atoms with Crippen LogP contribution < -0.4 is 10.1 Å². The number of nitrogens with zero attached hydrogens (tertiary/aromatic N) is 1. The van der Waals surface area contributed by atoms with E-state index in [4.69, 9.17) is 0 Å². The number of carbonyl (C=O) groups excluding carboxylic acids is 1. The van der Waals surface area contributed by atoms with Crippen LogP contribution in [0.5, 0.6) is 5.75 Å². The molecule has 0 bridgehead atoms. The average molecular weight is 551 g/mol. The molecule has 0 aliphatic carbocycles. The number of amides is 1. The number of carbonyl (C=O) groups is 1. The highest BCUT2D eigenvalue weighted by molar-refractivity contribution is 6.08. The third-order valence-corrected chi connectivity index (χ3v) is 6.12. The van der Waals surface area contributed by atoms with Crippen LogP contribution in [0.2, 0.25) is 0 Å². The van der Waals surface area contributed by atoms with Crippen LogP contribution in [0.25, 0.3) is 0 Å². The molecule has 0 saturated heterocycles. The number of rotatable bonds is 12. The zero-order chi connectivity index (χ0) is 30.4. The lowest BCUT2D eigenvalue weighted by Gasteiger charge is -2.28. The minimum atomic E-state index is -4.60. The summed E-state index contributed by atoms with van der Waals surface area (Å²) in [5.41, 5.74) is 3.02. The molecule has 2 unspecified atom stereocenters. The van der Waals surface area contributed by atoms with Gasteiger partial charge in [0.1, 0.15) is 5.75 Å². The number of aliphatic imine (C=N–C) groups is 1. The number of ether oxygens (including phenoxy) is 1. The fourth-order valence-corrected chi connectivity index (χ4v) is 3.26. The van der Waals surface area contributed by atoms with Gasteiger partial charge in [0.05, 0.1) is 17.9 Å². The first-order chi connectivity index (χ1) is 18.0. The first kappa shape index (κ1) is 35.9. The Morgan fingerprint density at radius 1 is 1.15 bits per heavy atom. The van der Waals surface area contributed by atoms with E-state index >= 15 is 0 Å². The van der Waals surface area contributed by atoms with Crippen molar-refractivity contribution < 1.29 is 27.8 Å². The Hall–Kier alpha value is -3.13. The normalized spacial score (nSPS) is 14.5. The maximum Gasteiger partial charge on any atom is 0.573 e. The van der Waals surface area contributed by atoms with E-state index < -0.39 is 12.0 Å². The standard InChI is InChI=1S/C23H38N2O2.C8H7F3O/c1-10-16(4)13-14-19(23(7,8)27)22(18(6)17(5)11-2)20(24-9)15-25-21(26)12-3;1-6-2-4-7(5-3-6)12-8(9,10)11/h12-14,16-17,27H,3,6,10-11,15H2,1-2,4-5,7-9H3,(H,25,26);2-5H,1H3/b14-13-,22-19-,24-20?;. The molecule has 0 radical (unpaired) electrons. The maximum absolute atomic E-state index is 11.6. The summed E-state index contributed by atoms with van der Waals surface area (Å²) >= 11 is 0. The van der Waals surface area contributed by atoms with E-state index in [0.717, 1.165) is 35.1 Å². The van der Waals surface area contributed by atoms with E-state index in [1.54, 1.807) is 40.0 Å². The van der Waals surface area contributed by atoms with Crippen LogP contribution in [-0.4, -0.2) is 42.3 Å². The number of nitrogens with one attached hydrogen (secondary N) is 1. The molecule has 0 heterocycles. The lowest BCUT2D eigenvalue weighted by Crippen LogP contribution is -2.33. The van der Waals surface area contributed by atoms with Crippen molar-refractivity contribution in [3.63, 3.8) is 0 Å². The largest absolute Gasteiger partial charge is 0.573 e. The maximum atomic E-state index is 11.6. The van der Waals surface area contributed by atoms with E-state index in [2.05, 4.69) is 62.0 Å². The fraction of sp³-hybridized carbons (Fsp3) is 0.484. The molecule has 1 amide bonds. The Morgan fingerprint density at radius 2 is 1.72 bits per heavy atom. The van der Waals surface area contributed by atoms with Gasteiger partial charge in [-0.25, -0.2) is 0 Å². The molecular weight excluding hydrogens is 505 g/mol. The van der Waals surface area contributed by atoms with Gasteiger partial charge in [-0.05, 0) is 68.4 Å². The molecule has 0 fully saturated rings. The van der Waals surface area contributed by atoms with Crippen LogP contribution in [0.4, 0.5) is 13.2 Å². The number of hydrogen-bond acceptors (Lipinski definition) is 4. The van der Waals surface area contributed by atoms with E-state index in [-0.39, 0.29) is 24.1 Å². The van der Waals surface area contributed by atoms with Gasteiger partial charge in [0.2, 0.25) is 5.91 Å². The Kier molecular flexibility index (Phi) is 15.4. The molecule has 1 rings (SSSR count). The number of benzene rings is 1. The summed E-state index contributed by atoms with van der Waals surface area (Å²) < 4.78 is 38.5. The number of aliphatic hydroxyl groups is 1. The van der Waals surface area contributed by atoms with Crippen molar-refractivity contribution in [1.82, 2.24) is 5.32 Å². The van der Waals surface area contributed by atoms with Gasteiger partial charge in [-0.2, -0.15) is 0 Å². The predicted octanol–water partition coefficient (Wildman–Crippen LogP) is 7.53. The van der Waals surface area contributed by atoms with Crippen LogP contribution in [-0.2, 0) is 4.79 Å². The minimum absolute atomic E-state index is 0.187. The molecule has 8 heteroatoms. The number of hydrogen-bond donors (Lipinski definition) is 2. The Morgan fingerprint density at radius 3 is 2.13 bits per heavy atom. The van der Waals surface area contributed by atoms with Crippen molar-refractivity contribution in [3.05, 3.63) is 77.9 Å². The average Bonchev–Trinajstić information content (AvgIpc) is 2.86. The van der Waals surface area contributed by atoms with Crippen molar-refractivity contribution in [3.8, 4) is 5.75 Å². The molecule has 0 saturated carbocycles. The summed E-state index contributed by atoms with van der Waals surface area (Å²) in [5.74, 6) is 0.168. The van der Waals surface area contributed by atoms with Crippen LogP contribution in [0.3, 0.4) is 0 Å². The molecule has 218 valence electrons. The van der Waals surface area contributed by atoms with E-state index in [0.29, 0.717) is 11.6 Å². The monoisotopic (exact) mass is 550 g/mol. The highest BCUT2D eigenvalue weighted by atomic mass is 19.4. The molecule has 1 aromatic rings.